The SMILES string of the molecule is C[NH+]1CCC(OC(=O)C(Br)Br)CC1. The third-order valence-electron chi connectivity index (χ3n) is 2.25. The van der Waals surface area contributed by atoms with Crippen molar-refractivity contribution in [3.63, 3.8) is 0 Å². The van der Waals surface area contributed by atoms with Gasteiger partial charge in [-0.25, -0.2) is 4.79 Å². The molecule has 0 aromatic rings. The van der Waals surface area contributed by atoms with E-state index in [1.165, 1.54) is 4.90 Å². The van der Waals surface area contributed by atoms with Crippen LogP contribution in [-0.4, -0.2) is 35.9 Å². The molecule has 0 amide bonds. The van der Waals surface area contributed by atoms with E-state index >= 15 is 0 Å². The lowest BCUT2D eigenvalue weighted by Crippen LogP contribution is -3.10. The number of nitrogens with one attached hydrogen (secondary N) is 1. The van der Waals surface area contributed by atoms with Gasteiger partial charge in [-0.05, 0) is 0 Å². The van der Waals surface area contributed by atoms with Crippen LogP contribution in [0.2, 0.25) is 0 Å². The molecule has 1 heterocycles. The summed E-state index contributed by atoms with van der Waals surface area (Å²) in [6.45, 7) is 2.18. The molecule has 0 saturated carbocycles. The van der Waals surface area contributed by atoms with E-state index in [1.807, 2.05) is 0 Å². The van der Waals surface area contributed by atoms with Gasteiger partial charge in [-0.2, -0.15) is 0 Å². The van der Waals surface area contributed by atoms with E-state index in [-0.39, 0.29) is 15.8 Å². The first kappa shape index (κ1) is 11.5. The lowest BCUT2D eigenvalue weighted by molar-refractivity contribution is -0.885. The first-order chi connectivity index (χ1) is 6.09. The Morgan fingerprint density at radius 3 is 2.46 bits per heavy atom. The molecule has 1 rings (SSSR count). The molecule has 0 radical (unpaired) electrons. The van der Waals surface area contributed by atoms with Crippen LogP contribution >= 0.6 is 31.9 Å². The molecular weight excluding hydrogens is 302 g/mol. The molecule has 1 saturated heterocycles. The lowest BCUT2D eigenvalue weighted by atomic mass is 10.1. The van der Waals surface area contributed by atoms with Gasteiger partial charge in [0, 0.05) is 12.8 Å². The zero-order valence-corrected chi connectivity index (χ0v) is 10.7. The lowest BCUT2D eigenvalue weighted by Gasteiger charge is -2.26. The first-order valence-corrected chi connectivity index (χ1v) is 6.22. The van der Waals surface area contributed by atoms with Crippen LogP contribution in [-0.2, 0) is 9.53 Å². The average molecular weight is 316 g/mol. The van der Waals surface area contributed by atoms with E-state index < -0.39 is 0 Å². The zero-order valence-electron chi connectivity index (χ0n) is 7.56. The van der Waals surface area contributed by atoms with Crippen molar-refractivity contribution in [2.24, 2.45) is 0 Å². The number of piperidine rings is 1. The maximum atomic E-state index is 11.2. The summed E-state index contributed by atoms with van der Waals surface area (Å²) in [6.07, 6.45) is 2.07. The monoisotopic (exact) mass is 314 g/mol. The van der Waals surface area contributed by atoms with Crippen molar-refractivity contribution in [2.45, 2.75) is 22.7 Å². The second-order valence-corrected chi connectivity index (χ2v) is 6.45. The Balaban J connectivity index is 2.26. The van der Waals surface area contributed by atoms with Crippen LogP contribution in [0.25, 0.3) is 0 Å². The molecule has 1 fully saturated rings. The summed E-state index contributed by atoms with van der Waals surface area (Å²) in [7, 11) is 2.16. The summed E-state index contributed by atoms with van der Waals surface area (Å²) >= 11 is 6.23. The van der Waals surface area contributed by atoms with Crippen LogP contribution in [0, 0.1) is 0 Å². The maximum Gasteiger partial charge on any atom is 0.330 e. The third-order valence-corrected chi connectivity index (χ3v) is 2.99. The van der Waals surface area contributed by atoms with Crippen LogP contribution < -0.4 is 4.90 Å². The number of quaternary nitrogens is 1. The number of ether oxygens (including phenoxy) is 1. The minimum Gasteiger partial charge on any atom is -0.460 e. The van der Waals surface area contributed by atoms with E-state index in [4.69, 9.17) is 4.74 Å². The Bertz CT molecular complexity index is 179. The Kier molecular flexibility index (Phi) is 4.69. The summed E-state index contributed by atoms with van der Waals surface area (Å²) < 4.78 is 4.89. The molecule has 0 bridgehead atoms. The molecule has 1 aliphatic rings. The summed E-state index contributed by atoms with van der Waals surface area (Å²) in [5.41, 5.74) is 0. The van der Waals surface area contributed by atoms with Gasteiger partial charge in [0.25, 0.3) is 0 Å². The first-order valence-electron chi connectivity index (χ1n) is 4.39. The Morgan fingerprint density at radius 1 is 1.46 bits per heavy atom. The highest BCUT2D eigenvalue weighted by molar-refractivity contribution is 9.25. The highest BCUT2D eigenvalue weighted by Gasteiger charge is 2.24. The fourth-order valence-electron chi connectivity index (χ4n) is 1.42. The number of esters is 1. The summed E-state index contributed by atoms with van der Waals surface area (Å²) in [6, 6.07) is 0. The number of likely N-dealkylation sites (tertiary alicyclic amines) is 1. The Labute approximate surface area is 95.1 Å². The molecule has 76 valence electrons. The van der Waals surface area contributed by atoms with Crippen molar-refractivity contribution in [1.29, 1.82) is 0 Å². The molecule has 0 aromatic carbocycles. The number of rotatable bonds is 2. The largest absolute Gasteiger partial charge is 0.460 e. The molecular formula is C8H14Br2NO2+. The van der Waals surface area contributed by atoms with Crippen molar-refractivity contribution >= 4 is 37.8 Å². The molecule has 13 heavy (non-hydrogen) atoms. The average Bonchev–Trinajstić information content (AvgIpc) is 2.08. The van der Waals surface area contributed by atoms with E-state index in [1.54, 1.807) is 0 Å². The van der Waals surface area contributed by atoms with Gasteiger partial charge in [0.2, 0.25) is 0 Å². The van der Waals surface area contributed by atoms with E-state index in [0.717, 1.165) is 25.9 Å². The molecule has 3 nitrogen and oxygen atoms in total. The van der Waals surface area contributed by atoms with Gasteiger partial charge in [0.1, 0.15) is 6.10 Å². The smallest absolute Gasteiger partial charge is 0.330 e. The number of carbonyl (C=O) groups excluding carboxylic acids is 1. The minimum absolute atomic E-state index is 0.119. The molecule has 0 atom stereocenters. The van der Waals surface area contributed by atoms with E-state index in [0.29, 0.717) is 0 Å². The molecule has 1 aliphatic heterocycles. The fourth-order valence-corrected chi connectivity index (χ4v) is 1.63. The number of alkyl halides is 2. The van der Waals surface area contributed by atoms with Gasteiger partial charge in [-0.1, -0.05) is 31.9 Å². The topological polar surface area (TPSA) is 30.7 Å². The Morgan fingerprint density at radius 2 is 2.00 bits per heavy atom. The molecule has 0 unspecified atom stereocenters. The number of halogens is 2. The molecule has 0 aliphatic carbocycles. The predicted molar refractivity (Wildman–Crippen MR) is 57.4 cm³/mol. The van der Waals surface area contributed by atoms with Crippen molar-refractivity contribution < 1.29 is 14.4 Å². The zero-order chi connectivity index (χ0) is 9.84. The number of hydrogen-bond acceptors (Lipinski definition) is 2. The standard InChI is InChI=1S/C8H13Br2NO2/c1-11-4-2-6(3-5-11)13-8(12)7(9)10/h6-7H,2-5H2,1H3/p+1. The summed E-state index contributed by atoms with van der Waals surface area (Å²) in [5.74, 6) is -0.218. The fraction of sp³-hybridized carbons (Fsp3) is 0.875. The van der Waals surface area contributed by atoms with Gasteiger partial charge in [0.15, 0.2) is 3.74 Å². The molecule has 1 N–H and O–H groups in total. The highest BCUT2D eigenvalue weighted by Crippen LogP contribution is 2.14. The van der Waals surface area contributed by atoms with Crippen molar-refractivity contribution in [2.75, 3.05) is 20.1 Å². The van der Waals surface area contributed by atoms with Crippen LogP contribution in [0.3, 0.4) is 0 Å². The van der Waals surface area contributed by atoms with Crippen LogP contribution in [0.5, 0.6) is 0 Å². The van der Waals surface area contributed by atoms with Crippen molar-refractivity contribution in [3.05, 3.63) is 0 Å². The third kappa shape index (κ3) is 3.95. The van der Waals surface area contributed by atoms with Gasteiger partial charge in [-0.3, -0.25) is 0 Å². The normalized spacial score (nSPS) is 28.9. The highest BCUT2D eigenvalue weighted by atomic mass is 79.9. The second kappa shape index (κ2) is 5.32. The van der Waals surface area contributed by atoms with Gasteiger partial charge >= 0.3 is 5.97 Å². The van der Waals surface area contributed by atoms with Crippen molar-refractivity contribution in [3.8, 4) is 0 Å². The second-order valence-electron chi connectivity index (χ2n) is 3.39. The molecule has 5 heteroatoms. The van der Waals surface area contributed by atoms with Gasteiger partial charge in [-0.15, -0.1) is 0 Å². The molecule has 0 aromatic heterocycles. The van der Waals surface area contributed by atoms with E-state index in [2.05, 4.69) is 38.9 Å². The number of carbonyl (C=O) groups is 1. The van der Waals surface area contributed by atoms with Crippen LogP contribution in [0.4, 0.5) is 0 Å². The van der Waals surface area contributed by atoms with E-state index in [9.17, 15) is 4.79 Å². The van der Waals surface area contributed by atoms with Crippen LogP contribution in [0.1, 0.15) is 12.8 Å². The summed E-state index contributed by atoms with van der Waals surface area (Å²) in [4.78, 5) is 12.7. The van der Waals surface area contributed by atoms with Crippen molar-refractivity contribution in [1.82, 2.24) is 0 Å². The quantitative estimate of drug-likeness (QED) is 0.588. The summed E-state index contributed by atoms with van der Waals surface area (Å²) in [5, 5.41) is 0. The van der Waals surface area contributed by atoms with Gasteiger partial charge in [0.05, 0.1) is 20.1 Å². The Hall–Kier alpha value is 0.390. The molecule has 0 spiro atoms. The minimum atomic E-state index is -0.369. The van der Waals surface area contributed by atoms with Gasteiger partial charge < -0.3 is 9.64 Å². The number of hydrogen-bond donors (Lipinski definition) is 1. The maximum absolute atomic E-state index is 11.2. The predicted octanol–water partition coefficient (Wildman–Crippen LogP) is 0.323. The van der Waals surface area contributed by atoms with Crippen LogP contribution in [0.15, 0.2) is 0 Å².